The number of Topliss-reactive ketones (excluding diaryl/α,β-unsaturated/α-hetero) is 1. The van der Waals surface area contributed by atoms with E-state index >= 15 is 0 Å². The monoisotopic (exact) mass is 705 g/mol. The number of methoxy groups -OCH3 is 1. The number of hydrogen-bond donors (Lipinski definition) is 1. The number of amides is 1. The van der Waals surface area contributed by atoms with Crippen LogP contribution in [0.5, 0.6) is 5.75 Å². The normalized spacial score (nSPS) is 27.1. The van der Waals surface area contributed by atoms with Gasteiger partial charge in [0.05, 0.1) is 19.6 Å². The van der Waals surface area contributed by atoms with E-state index in [1.54, 1.807) is 19.1 Å². The van der Waals surface area contributed by atoms with Gasteiger partial charge in [-0.05, 0) is 66.7 Å². The standard InChI is InChI=1S/C40H55N3O8/c1-11-34(46)28-15-27(16-30(17-28)42(8)9)31-14-12-13-26(38(31)48-10)20-43-37(36(23(3)50-25(5)45)35(51-43)21-49-24(4)44)39(47)41-33-19-29-18-32(22(33)2)40(29,6)7/h12-17,22-23,29,32-33,35-37H,11,18-21H2,1-10H3,(H,41,47)/t22-,23-,29+,32-,33-,35-,36+,37-/m0/s1. The number of ether oxygens (including phenoxy) is 3. The fourth-order valence-electron chi connectivity index (χ4n) is 8.73. The lowest BCUT2D eigenvalue weighted by Crippen LogP contribution is -2.62. The lowest BCUT2D eigenvalue weighted by Gasteiger charge is -2.62. The molecule has 4 aliphatic rings. The van der Waals surface area contributed by atoms with Gasteiger partial charge in [0, 0.05) is 62.8 Å². The van der Waals surface area contributed by atoms with Gasteiger partial charge in [0.15, 0.2) is 5.78 Å². The summed E-state index contributed by atoms with van der Waals surface area (Å²) in [5.74, 6) is 0.134. The highest BCUT2D eigenvalue weighted by Gasteiger charge is 2.58. The molecule has 1 N–H and O–H groups in total. The Morgan fingerprint density at radius 1 is 1.08 bits per heavy atom. The number of ketones is 1. The van der Waals surface area contributed by atoms with Gasteiger partial charge in [-0.25, -0.2) is 0 Å². The van der Waals surface area contributed by atoms with Crippen molar-refractivity contribution in [3.63, 3.8) is 0 Å². The summed E-state index contributed by atoms with van der Waals surface area (Å²) in [6, 6.07) is 10.7. The zero-order valence-electron chi connectivity index (χ0n) is 31.8. The second-order valence-electron chi connectivity index (χ2n) is 15.4. The van der Waals surface area contributed by atoms with E-state index in [2.05, 4.69) is 26.1 Å². The number of hydroxylamine groups is 2. The third-order valence-corrected chi connectivity index (χ3v) is 11.7. The van der Waals surface area contributed by atoms with Gasteiger partial charge in [-0.3, -0.25) is 24.0 Å². The lowest BCUT2D eigenvalue weighted by molar-refractivity contribution is -0.189. The first-order chi connectivity index (χ1) is 24.1. The zero-order chi connectivity index (χ0) is 37.4. The first-order valence-electron chi connectivity index (χ1n) is 18.1. The molecule has 3 saturated carbocycles. The van der Waals surface area contributed by atoms with Crippen molar-refractivity contribution in [2.24, 2.45) is 29.1 Å². The third-order valence-electron chi connectivity index (χ3n) is 11.7. The molecule has 6 rings (SSSR count). The molecule has 3 aliphatic carbocycles. The molecule has 2 bridgehead atoms. The summed E-state index contributed by atoms with van der Waals surface area (Å²) in [4.78, 5) is 60.0. The molecule has 1 aliphatic heterocycles. The fraction of sp³-hybridized carbons (Fsp3) is 0.600. The minimum absolute atomic E-state index is 0.00445. The second kappa shape index (κ2) is 15.3. The summed E-state index contributed by atoms with van der Waals surface area (Å²) in [5, 5.41) is 5.00. The smallest absolute Gasteiger partial charge is 0.302 e. The Labute approximate surface area is 302 Å². The number of carbonyl (C=O) groups is 4. The molecule has 2 aromatic rings. The largest absolute Gasteiger partial charge is 0.496 e. The molecule has 0 spiro atoms. The molecule has 4 fully saturated rings. The van der Waals surface area contributed by atoms with Crippen molar-refractivity contribution in [1.82, 2.24) is 10.4 Å². The Morgan fingerprint density at radius 3 is 2.39 bits per heavy atom. The number of para-hydroxylation sites is 1. The van der Waals surface area contributed by atoms with Gasteiger partial charge in [0.2, 0.25) is 5.91 Å². The third kappa shape index (κ3) is 7.79. The summed E-state index contributed by atoms with van der Waals surface area (Å²) in [6.07, 6.45) is 0.969. The summed E-state index contributed by atoms with van der Waals surface area (Å²) >= 11 is 0. The molecule has 1 saturated heterocycles. The zero-order valence-corrected chi connectivity index (χ0v) is 31.8. The van der Waals surface area contributed by atoms with E-state index in [4.69, 9.17) is 19.0 Å². The molecule has 0 radical (unpaired) electrons. The van der Waals surface area contributed by atoms with Crippen LogP contribution in [0.2, 0.25) is 0 Å². The van der Waals surface area contributed by atoms with E-state index in [0.717, 1.165) is 28.8 Å². The van der Waals surface area contributed by atoms with E-state index in [-0.39, 0.29) is 36.3 Å². The molecule has 2 aromatic carbocycles. The lowest BCUT2D eigenvalue weighted by atomic mass is 9.45. The van der Waals surface area contributed by atoms with Crippen LogP contribution in [0, 0.1) is 29.1 Å². The van der Waals surface area contributed by atoms with Crippen LogP contribution in [0.3, 0.4) is 0 Å². The Bertz CT molecular complexity index is 1640. The Hall–Kier alpha value is -3.96. The van der Waals surface area contributed by atoms with Gasteiger partial charge in [-0.1, -0.05) is 45.9 Å². The van der Waals surface area contributed by atoms with Crippen LogP contribution in [0.4, 0.5) is 5.69 Å². The van der Waals surface area contributed by atoms with Crippen molar-refractivity contribution in [3.8, 4) is 16.9 Å². The predicted octanol–water partition coefficient (Wildman–Crippen LogP) is 5.82. The number of fused-ring (bicyclic) bond motifs is 2. The molecule has 11 nitrogen and oxygen atoms in total. The average Bonchev–Trinajstić information content (AvgIpc) is 3.44. The first kappa shape index (κ1) is 38.3. The number of hydrogen-bond acceptors (Lipinski definition) is 10. The van der Waals surface area contributed by atoms with Crippen molar-refractivity contribution < 1.29 is 38.2 Å². The van der Waals surface area contributed by atoms with Crippen LogP contribution in [-0.4, -0.2) is 80.8 Å². The molecule has 8 atom stereocenters. The predicted molar refractivity (Wildman–Crippen MR) is 194 cm³/mol. The molecule has 11 heteroatoms. The fourth-order valence-corrected chi connectivity index (χ4v) is 8.73. The quantitative estimate of drug-likeness (QED) is 0.201. The van der Waals surface area contributed by atoms with Crippen LogP contribution in [0.25, 0.3) is 11.1 Å². The molecular weight excluding hydrogens is 650 g/mol. The molecule has 278 valence electrons. The van der Waals surface area contributed by atoms with E-state index < -0.39 is 36.1 Å². The van der Waals surface area contributed by atoms with Crippen molar-refractivity contribution in [1.29, 1.82) is 0 Å². The number of benzene rings is 2. The highest BCUT2D eigenvalue weighted by molar-refractivity contribution is 5.98. The van der Waals surface area contributed by atoms with Gasteiger partial charge in [0.25, 0.3) is 0 Å². The maximum Gasteiger partial charge on any atom is 0.302 e. The highest BCUT2D eigenvalue weighted by Crippen LogP contribution is 2.61. The van der Waals surface area contributed by atoms with Gasteiger partial charge < -0.3 is 24.4 Å². The minimum atomic E-state index is -0.877. The van der Waals surface area contributed by atoms with Gasteiger partial charge in [0.1, 0.15) is 30.6 Å². The van der Waals surface area contributed by atoms with Gasteiger partial charge >= 0.3 is 11.9 Å². The summed E-state index contributed by atoms with van der Waals surface area (Å²) in [7, 11) is 5.46. The number of nitrogens with zero attached hydrogens (tertiary/aromatic N) is 2. The highest BCUT2D eigenvalue weighted by atomic mass is 16.7. The molecule has 0 aromatic heterocycles. The van der Waals surface area contributed by atoms with Gasteiger partial charge in [-0.2, -0.15) is 5.06 Å². The molecule has 1 heterocycles. The SMILES string of the molecule is CCC(=O)c1cc(-c2cccc(CN3O[C@@H](COC(C)=O)[C@@H]([C@H](C)OC(C)=O)[C@H]3C(=O)N[C@H]3C[C@H]4C[C@@H]([C@@H]3C)C4(C)C)c2OC)cc(N(C)C)c1. The van der Waals surface area contributed by atoms with E-state index in [1.165, 1.54) is 20.3 Å². The summed E-state index contributed by atoms with van der Waals surface area (Å²) < 4.78 is 17.2. The van der Waals surface area contributed by atoms with Gasteiger partial charge in [-0.15, -0.1) is 0 Å². The average molecular weight is 706 g/mol. The molecule has 51 heavy (non-hydrogen) atoms. The van der Waals surface area contributed by atoms with Crippen LogP contribution in [-0.2, 0) is 35.2 Å². The minimum Gasteiger partial charge on any atom is -0.496 e. The van der Waals surface area contributed by atoms with Crippen LogP contribution in [0.15, 0.2) is 36.4 Å². The van der Waals surface area contributed by atoms with Crippen LogP contribution in [0.1, 0.15) is 83.7 Å². The Balaban J connectivity index is 1.53. The molecular formula is C40H55N3O8. The maximum atomic E-state index is 14.6. The summed E-state index contributed by atoms with van der Waals surface area (Å²) in [6.45, 7) is 13.1. The number of anilines is 1. The Morgan fingerprint density at radius 2 is 1.80 bits per heavy atom. The maximum absolute atomic E-state index is 14.6. The number of carbonyl (C=O) groups excluding carboxylic acids is 4. The topological polar surface area (TPSA) is 124 Å². The number of nitrogens with one attached hydrogen (secondary N) is 1. The molecule has 1 amide bonds. The van der Waals surface area contributed by atoms with E-state index in [9.17, 15) is 19.2 Å². The van der Waals surface area contributed by atoms with Crippen molar-refractivity contribution in [2.75, 3.05) is 32.7 Å². The van der Waals surface area contributed by atoms with Crippen molar-refractivity contribution in [2.45, 2.75) is 98.6 Å². The van der Waals surface area contributed by atoms with Crippen molar-refractivity contribution in [3.05, 3.63) is 47.5 Å². The summed E-state index contributed by atoms with van der Waals surface area (Å²) in [5.41, 5.74) is 4.08. The second-order valence-corrected chi connectivity index (χ2v) is 15.4. The first-order valence-corrected chi connectivity index (χ1v) is 18.1. The Kier molecular flexibility index (Phi) is 11.5. The van der Waals surface area contributed by atoms with Crippen molar-refractivity contribution >= 4 is 29.3 Å². The number of esters is 2. The van der Waals surface area contributed by atoms with Crippen LogP contribution >= 0.6 is 0 Å². The van der Waals surface area contributed by atoms with E-state index in [0.29, 0.717) is 35.5 Å². The van der Waals surface area contributed by atoms with E-state index in [1.807, 2.05) is 62.3 Å². The number of rotatable bonds is 13. The van der Waals surface area contributed by atoms with Crippen LogP contribution < -0.4 is 15.0 Å². The molecule has 0 unspecified atom stereocenters.